The number of carbonyl (C=O) groups is 2. The van der Waals surface area contributed by atoms with Gasteiger partial charge in [-0.25, -0.2) is 4.39 Å². The van der Waals surface area contributed by atoms with Crippen molar-refractivity contribution in [2.24, 2.45) is 5.92 Å². The molecule has 0 N–H and O–H groups in total. The molecule has 0 spiro atoms. The van der Waals surface area contributed by atoms with Crippen LogP contribution in [0.15, 0.2) is 60.2 Å². The maximum Gasteiger partial charge on any atom is 0.316 e. The quantitative estimate of drug-likeness (QED) is 0.396. The summed E-state index contributed by atoms with van der Waals surface area (Å²) in [5, 5.41) is 0. The fourth-order valence-corrected chi connectivity index (χ4v) is 4.34. The number of esters is 1. The summed E-state index contributed by atoms with van der Waals surface area (Å²) in [6.45, 7) is 6.22. The van der Waals surface area contributed by atoms with Crippen molar-refractivity contribution in [2.75, 3.05) is 26.2 Å². The van der Waals surface area contributed by atoms with E-state index >= 15 is 0 Å². The third-order valence-corrected chi connectivity index (χ3v) is 6.04. The number of hydrogen-bond donors (Lipinski definition) is 0. The Labute approximate surface area is 190 Å². The van der Waals surface area contributed by atoms with Gasteiger partial charge in [-0.15, -0.1) is 0 Å². The number of benzene rings is 2. The van der Waals surface area contributed by atoms with Gasteiger partial charge in [-0.1, -0.05) is 48.0 Å². The van der Waals surface area contributed by atoms with Crippen LogP contribution in [-0.4, -0.2) is 42.9 Å². The first kappa shape index (κ1) is 23.9. The molecule has 0 aromatic heterocycles. The van der Waals surface area contributed by atoms with Gasteiger partial charge in [0.25, 0.3) is 0 Å². The number of Topliss-reactive ketones (excluding diaryl/α,β-unsaturated/α-hetero) is 1. The molecule has 5 heteroatoms. The molecule has 32 heavy (non-hydrogen) atoms. The Morgan fingerprint density at radius 1 is 1.00 bits per heavy atom. The first-order chi connectivity index (χ1) is 15.5. The van der Waals surface area contributed by atoms with Crippen LogP contribution in [0.4, 0.5) is 4.39 Å². The van der Waals surface area contributed by atoms with E-state index in [1.807, 2.05) is 30.3 Å². The van der Waals surface area contributed by atoms with E-state index in [2.05, 4.69) is 17.0 Å². The molecule has 0 saturated carbocycles. The third-order valence-electron chi connectivity index (χ3n) is 6.04. The molecule has 0 bridgehead atoms. The minimum Gasteiger partial charge on any atom is -0.465 e. The lowest BCUT2D eigenvalue weighted by atomic mass is 9.88. The van der Waals surface area contributed by atoms with Crippen molar-refractivity contribution in [1.82, 2.24) is 4.90 Å². The number of halogens is 1. The van der Waals surface area contributed by atoms with Gasteiger partial charge in [-0.05, 0) is 74.9 Å². The molecule has 1 fully saturated rings. The zero-order valence-corrected chi connectivity index (χ0v) is 19.0. The zero-order chi connectivity index (χ0) is 22.9. The topological polar surface area (TPSA) is 46.6 Å². The van der Waals surface area contributed by atoms with Crippen LogP contribution >= 0.6 is 0 Å². The lowest BCUT2D eigenvalue weighted by molar-refractivity contribution is -0.151. The molecule has 2 aromatic rings. The largest absolute Gasteiger partial charge is 0.465 e. The van der Waals surface area contributed by atoms with E-state index in [0.29, 0.717) is 13.0 Å². The average Bonchev–Trinajstić information content (AvgIpc) is 2.80. The van der Waals surface area contributed by atoms with E-state index in [4.69, 9.17) is 4.74 Å². The van der Waals surface area contributed by atoms with Gasteiger partial charge in [0.1, 0.15) is 17.5 Å². The first-order valence-electron chi connectivity index (χ1n) is 11.4. The summed E-state index contributed by atoms with van der Waals surface area (Å²) in [4.78, 5) is 26.2. The van der Waals surface area contributed by atoms with Gasteiger partial charge in [0.15, 0.2) is 0 Å². The molecule has 170 valence electrons. The number of ether oxygens (including phenoxy) is 1. The number of nitrogens with zero attached hydrogens (tertiary/aromatic N) is 1. The molecule has 1 aliphatic heterocycles. The number of carbonyl (C=O) groups excluding carboxylic acids is 2. The molecule has 1 unspecified atom stereocenters. The second-order valence-corrected chi connectivity index (χ2v) is 8.25. The summed E-state index contributed by atoms with van der Waals surface area (Å²) in [6.07, 6.45) is 3.19. The second-order valence-electron chi connectivity index (χ2n) is 8.25. The van der Waals surface area contributed by atoms with Gasteiger partial charge in [0.05, 0.1) is 6.61 Å². The van der Waals surface area contributed by atoms with E-state index in [0.717, 1.165) is 50.0 Å². The van der Waals surface area contributed by atoms with Crippen LogP contribution in [0, 0.1) is 11.7 Å². The highest BCUT2D eigenvalue weighted by Crippen LogP contribution is 2.32. The van der Waals surface area contributed by atoms with Crippen molar-refractivity contribution in [3.8, 4) is 0 Å². The minimum absolute atomic E-state index is 0.126. The van der Waals surface area contributed by atoms with Crippen molar-refractivity contribution in [3.63, 3.8) is 0 Å². The van der Waals surface area contributed by atoms with Crippen LogP contribution in [0.3, 0.4) is 0 Å². The molecule has 0 radical (unpaired) electrons. The minimum atomic E-state index is -0.654. The van der Waals surface area contributed by atoms with Crippen molar-refractivity contribution < 1.29 is 18.7 Å². The van der Waals surface area contributed by atoms with Gasteiger partial charge in [0.2, 0.25) is 0 Å². The summed E-state index contributed by atoms with van der Waals surface area (Å²) in [7, 11) is 0. The lowest BCUT2D eigenvalue weighted by Gasteiger charge is -2.30. The summed E-state index contributed by atoms with van der Waals surface area (Å²) >= 11 is 0. The molecule has 0 aliphatic carbocycles. The highest BCUT2D eigenvalue weighted by molar-refractivity contribution is 5.97. The van der Waals surface area contributed by atoms with Crippen LogP contribution in [-0.2, 0) is 14.3 Å². The summed E-state index contributed by atoms with van der Waals surface area (Å²) in [5.74, 6) is -1.42. The van der Waals surface area contributed by atoms with Gasteiger partial charge < -0.3 is 9.64 Å². The van der Waals surface area contributed by atoms with E-state index < -0.39 is 11.9 Å². The number of likely N-dealkylation sites (tertiary alicyclic amines) is 1. The van der Waals surface area contributed by atoms with Gasteiger partial charge in [-0.3, -0.25) is 9.59 Å². The number of ketones is 1. The monoisotopic (exact) mass is 437 g/mol. The Hall–Kier alpha value is -2.79. The number of rotatable bonds is 9. The Bertz CT molecular complexity index is 927. The van der Waals surface area contributed by atoms with Crippen LogP contribution in [0.5, 0.6) is 0 Å². The molecule has 2 aromatic carbocycles. The smallest absolute Gasteiger partial charge is 0.316 e. The molecule has 1 saturated heterocycles. The predicted molar refractivity (Wildman–Crippen MR) is 125 cm³/mol. The zero-order valence-electron chi connectivity index (χ0n) is 19.0. The molecule has 1 atom stereocenters. The van der Waals surface area contributed by atoms with Gasteiger partial charge >= 0.3 is 5.97 Å². The molecule has 1 aliphatic rings. The van der Waals surface area contributed by atoms with E-state index in [1.165, 1.54) is 30.2 Å². The van der Waals surface area contributed by atoms with Crippen LogP contribution in [0.1, 0.15) is 50.7 Å². The normalized spacial score (nSPS) is 15.3. The van der Waals surface area contributed by atoms with Crippen LogP contribution in [0.25, 0.3) is 5.57 Å². The Morgan fingerprint density at radius 2 is 1.62 bits per heavy atom. The highest BCUT2D eigenvalue weighted by Gasteiger charge is 2.25. The van der Waals surface area contributed by atoms with E-state index in [9.17, 15) is 14.0 Å². The predicted octanol–water partition coefficient (Wildman–Crippen LogP) is 5.27. The third kappa shape index (κ3) is 6.36. The van der Waals surface area contributed by atoms with E-state index in [1.54, 1.807) is 6.92 Å². The standard InChI is InChI=1S/C27H32FNO3/c1-3-32-27(31)25(20(2)30)10-7-17-29-18-15-23(16-19-29)26(21-8-5-4-6-9-21)22-11-13-24(28)14-12-22/h4-6,8-9,11-14,25H,3,7,10,15-19H2,1-2H3. The summed E-state index contributed by atoms with van der Waals surface area (Å²) in [6, 6.07) is 17.0. The number of hydrogen-bond acceptors (Lipinski definition) is 4. The molecule has 4 nitrogen and oxygen atoms in total. The Morgan fingerprint density at radius 3 is 2.22 bits per heavy atom. The van der Waals surface area contributed by atoms with Crippen LogP contribution in [0.2, 0.25) is 0 Å². The molecule has 3 rings (SSSR count). The molecule has 0 amide bonds. The van der Waals surface area contributed by atoms with Crippen LogP contribution < -0.4 is 0 Å². The number of piperidine rings is 1. The fraction of sp³-hybridized carbons (Fsp3) is 0.407. The van der Waals surface area contributed by atoms with E-state index in [-0.39, 0.29) is 11.6 Å². The van der Waals surface area contributed by atoms with Crippen molar-refractivity contribution >= 4 is 17.3 Å². The maximum absolute atomic E-state index is 13.5. The van der Waals surface area contributed by atoms with Gasteiger partial charge in [-0.2, -0.15) is 0 Å². The Kier molecular flexibility index (Phi) is 8.74. The SMILES string of the molecule is CCOC(=O)C(CCCN1CCC(=C(c2ccccc2)c2ccc(F)cc2)CC1)C(C)=O. The second kappa shape index (κ2) is 11.7. The summed E-state index contributed by atoms with van der Waals surface area (Å²) < 4.78 is 18.5. The average molecular weight is 438 g/mol. The molecular weight excluding hydrogens is 405 g/mol. The van der Waals surface area contributed by atoms with Crippen molar-refractivity contribution in [2.45, 2.75) is 39.5 Å². The maximum atomic E-state index is 13.5. The molecular formula is C27H32FNO3. The fourth-order valence-electron chi connectivity index (χ4n) is 4.34. The summed E-state index contributed by atoms with van der Waals surface area (Å²) in [5.41, 5.74) is 4.78. The lowest BCUT2D eigenvalue weighted by Crippen LogP contribution is -2.33. The van der Waals surface area contributed by atoms with Crippen molar-refractivity contribution in [1.29, 1.82) is 0 Å². The van der Waals surface area contributed by atoms with Gasteiger partial charge in [0, 0.05) is 13.1 Å². The molecule has 1 heterocycles. The Balaban J connectivity index is 1.65. The highest BCUT2D eigenvalue weighted by atomic mass is 19.1. The van der Waals surface area contributed by atoms with Crippen molar-refractivity contribution in [3.05, 3.63) is 77.1 Å². The first-order valence-corrected chi connectivity index (χ1v) is 11.4.